The molecule has 0 saturated heterocycles. The zero-order valence-electron chi connectivity index (χ0n) is 15.0. The number of fused-ring (bicyclic) bond motifs is 1. The Morgan fingerprint density at radius 2 is 1.88 bits per heavy atom. The van der Waals surface area contributed by atoms with E-state index in [0.29, 0.717) is 11.8 Å². The highest BCUT2D eigenvalue weighted by molar-refractivity contribution is 7.89. The Kier molecular flexibility index (Phi) is 5.37. The molecule has 2 fully saturated rings. The van der Waals surface area contributed by atoms with Gasteiger partial charge >= 0.3 is 0 Å². The van der Waals surface area contributed by atoms with Crippen LogP contribution < -0.4 is 4.72 Å². The molecule has 4 atom stereocenters. The molecule has 0 aromatic heterocycles. The van der Waals surface area contributed by atoms with Gasteiger partial charge in [-0.15, -0.1) is 0 Å². The van der Waals surface area contributed by atoms with E-state index in [1.807, 2.05) is 0 Å². The maximum Gasteiger partial charge on any atom is 0.241 e. The van der Waals surface area contributed by atoms with Gasteiger partial charge in [0.1, 0.15) is 5.82 Å². The van der Waals surface area contributed by atoms with Crippen LogP contribution in [-0.4, -0.2) is 50.1 Å². The predicted octanol–water partition coefficient (Wildman–Crippen LogP) is 1.42. The van der Waals surface area contributed by atoms with Crippen molar-refractivity contribution >= 4 is 15.9 Å². The number of nitrogens with zero attached hydrogens (tertiary/aromatic N) is 1. The predicted molar refractivity (Wildman–Crippen MR) is 94.3 cm³/mol. The first-order valence-corrected chi connectivity index (χ1v) is 10.3. The maximum atomic E-state index is 13.3. The summed E-state index contributed by atoms with van der Waals surface area (Å²) in [5.74, 6) is 0.128. The molecule has 0 bridgehead atoms. The molecule has 0 radical (unpaired) electrons. The molecule has 6 nitrogen and oxygen atoms in total. The minimum Gasteiger partial charge on any atom is -0.393 e. The van der Waals surface area contributed by atoms with Gasteiger partial charge in [-0.05, 0) is 68.2 Å². The monoisotopic (exact) mass is 384 g/mol. The van der Waals surface area contributed by atoms with E-state index < -0.39 is 15.8 Å². The highest BCUT2D eigenvalue weighted by Gasteiger charge is 2.43. The van der Waals surface area contributed by atoms with Crippen LogP contribution >= 0.6 is 0 Å². The number of hydrogen-bond donors (Lipinski definition) is 2. The minimum atomic E-state index is -3.87. The van der Waals surface area contributed by atoms with E-state index >= 15 is 0 Å². The first-order chi connectivity index (χ1) is 12.2. The fourth-order valence-electron chi connectivity index (χ4n) is 4.22. The zero-order valence-corrected chi connectivity index (χ0v) is 15.8. The van der Waals surface area contributed by atoms with E-state index in [1.165, 1.54) is 19.1 Å². The molecule has 0 heterocycles. The van der Waals surface area contributed by atoms with Gasteiger partial charge in [0.05, 0.1) is 17.5 Å². The Bertz CT molecular complexity index is 784. The van der Waals surface area contributed by atoms with Gasteiger partial charge in [-0.1, -0.05) is 0 Å². The van der Waals surface area contributed by atoms with E-state index in [2.05, 4.69) is 4.72 Å². The number of halogens is 1. The average molecular weight is 384 g/mol. The molecule has 2 unspecified atom stereocenters. The quantitative estimate of drug-likeness (QED) is 0.804. The number of carbonyl (C=O) groups excluding carboxylic acids is 1. The number of likely N-dealkylation sites (N-methyl/N-ethyl adjacent to an activating group) is 1. The summed E-state index contributed by atoms with van der Waals surface area (Å²) in [4.78, 5) is 14.0. The SMILES string of the molecule is Cc1cc(S(=O)(=O)NCC(=O)N(C)C2C[C@H]3CC(O)C[C@H]3C2)ccc1F. The van der Waals surface area contributed by atoms with Crippen LogP contribution in [-0.2, 0) is 14.8 Å². The van der Waals surface area contributed by atoms with Crippen molar-refractivity contribution in [3.05, 3.63) is 29.6 Å². The second kappa shape index (κ2) is 7.25. The summed E-state index contributed by atoms with van der Waals surface area (Å²) < 4.78 is 40.2. The summed E-state index contributed by atoms with van der Waals surface area (Å²) in [6.07, 6.45) is 3.07. The molecule has 144 valence electrons. The summed E-state index contributed by atoms with van der Waals surface area (Å²) in [6.45, 7) is 1.16. The van der Waals surface area contributed by atoms with Gasteiger partial charge in [0.25, 0.3) is 0 Å². The van der Waals surface area contributed by atoms with Gasteiger partial charge in [0.2, 0.25) is 15.9 Å². The molecular weight excluding hydrogens is 359 g/mol. The molecule has 0 aliphatic heterocycles. The van der Waals surface area contributed by atoms with E-state index in [-0.39, 0.29) is 35.1 Å². The van der Waals surface area contributed by atoms with Crippen LogP contribution in [0.15, 0.2) is 23.1 Å². The lowest BCUT2D eigenvalue weighted by molar-refractivity contribution is -0.130. The molecule has 0 spiro atoms. The molecule has 1 aromatic rings. The Hall–Kier alpha value is -1.51. The molecule has 1 amide bonds. The van der Waals surface area contributed by atoms with Crippen molar-refractivity contribution in [3.63, 3.8) is 0 Å². The maximum absolute atomic E-state index is 13.3. The number of nitrogens with one attached hydrogen (secondary N) is 1. The summed E-state index contributed by atoms with van der Waals surface area (Å²) >= 11 is 0. The zero-order chi connectivity index (χ0) is 19.1. The van der Waals surface area contributed by atoms with Crippen molar-refractivity contribution in [1.82, 2.24) is 9.62 Å². The molecule has 2 aliphatic rings. The average Bonchev–Trinajstić information content (AvgIpc) is 3.11. The number of aliphatic hydroxyl groups is 1. The molecular formula is C18H25FN2O4S. The largest absolute Gasteiger partial charge is 0.393 e. The topological polar surface area (TPSA) is 86.7 Å². The van der Waals surface area contributed by atoms with Crippen molar-refractivity contribution in [2.24, 2.45) is 11.8 Å². The smallest absolute Gasteiger partial charge is 0.241 e. The van der Waals surface area contributed by atoms with Crippen LogP contribution in [0, 0.1) is 24.6 Å². The van der Waals surface area contributed by atoms with Crippen molar-refractivity contribution in [3.8, 4) is 0 Å². The highest BCUT2D eigenvalue weighted by atomic mass is 32.2. The van der Waals surface area contributed by atoms with Gasteiger partial charge in [-0.3, -0.25) is 4.79 Å². The van der Waals surface area contributed by atoms with Crippen LogP contribution in [0.1, 0.15) is 31.2 Å². The van der Waals surface area contributed by atoms with Crippen LogP contribution in [0.3, 0.4) is 0 Å². The number of amides is 1. The van der Waals surface area contributed by atoms with Crippen molar-refractivity contribution in [2.45, 2.75) is 49.6 Å². The first-order valence-electron chi connectivity index (χ1n) is 8.87. The Morgan fingerprint density at radius 1 is 1.27 bits per heavy atom. The van der Waals surface area contributed by atoms with Crippen molar-refractivity contribution in [2.75, 3.05) is 13.6 Å². The van der Waals surface area contributed by atoms with Crippen LogP contribution in [0.4, 0.5) is 4.39 Å². The van der Waals surface area contributed by atoms with Crippen LogP contribution in [0.5, 0.6) is 0 Å². The number of hydrogen-bond acceptors (Lipinski definition) is 4. The van der Waals surface area contributed by atoms with Gasteiger partial charge in [-0.25, -0.2) is 17.5 Å². The van der Waals surface area contributed by atoms with E-state index in [4.69, 9.17) is 0 Å². The Balaban J connectivity index is 1.57. The lowest BCUT2D eigenvalue weighted by atomic mass is 10.0. The van der Waals surface area contributed by atoms with Crippen LogP contribution in [0.25, 0.3) is 0 Å². The molecule has 1 aromatic carbocycles. The number of carbonyl (C=O) groups is 1. The third-order valence-corrected chi connectivity index (χ3v) is 7.16. The first kappa shape index (κ1) is 19.3. The minimum absolute atomic E-state index is 0.0590. The summed E-state index contributed by atoms with van der Waals surface area (Å²) in [5, 5.41) is 9.71. The molecule has 26 heavy (non-hydrogen) atoms. The van der Waals surface area contributed by atoms with Gasteiger partial charge < -0.3 is 10.0 Å². The third-order valence-electron chi connectivity index (χ3n) is 5.76. The summed E-state index contributed by atoms with van der Waals surface area (Å²) in [6, 6.07) is 3.61. The van der Waals surface area contributed by atoms with E-state index in [0.717, 1.165) is 31.7 Å². The number of benzene rings is 1. The van der Waals surface area contributed by atoms with Gasteiger partial charge in [0, 0.05) is 13.1 Å². The van der Waals surface area contributed by atoms with E-state index in [1.54, 1.807) is 11.9 Å². The number of rotatable bonds is 5. The number of aryl methyl sites for hydroxylation is 1. The van der Waals surface area contributed by atoms with Crippen molar-refractivity contribution < 1.29 is 22.7 Å². The Labute approximate surface area is 153 Å². The van der Waals surface area contributed by atoms with E-state index in [9.17, 15) is 22.7 Å². The molecule has 2 aliphatic carbocycles. The lowest BCUT2D eigenvalue weighted by Crippen LogP contribution is -2.42. The second-order valence-electron chi connectivity index (χ2n) is 7.51. The Morgan fingerprint density at radius 3 is 2.46 bits per heavy atom. The van der Waals surface area contributed by atoms with Crippen LogP contribution in [0.2, 0.25) is 0 Å². The fraction of sp³-hybridized carbons (Fsp3) is 0.611. The summed E-state index contributed by atoms with van der Waals surface area (Å²) in [7, 11) is -2.18. The molecule has 2 saturated carbocycles. The third kappa shape index (κ3) is 3.92. The number of aliphatic hydroxyl groups excluding tert-OH is 1. The fourth-order valence-corrected chi connectivity index (χ4v) is 5.28. The normalized spacial score (nSPS) is 28.2. The van der Waals surface area contributed by atoms with Crippen molar-refractivity contribution in [1.29, 1.82) is 0 Å². The summed E-state index contributed by atoms with van der Waals surface area (Å²) in [5.41, 5.74) is 0.232. The number of sulfonamides is 1. The standard InChI is InChI=1S/C18H25FN2O4S/c1-11-5-16(3-4-17(11)19)26(24,25)20-10-18(23)21(2)14-6-12-8-15(22)9-13(12)7-14/h3-5,12-15,20,22H,6-10H2,1-2H3/t12-,13+,14?,15?. The molecule has 3 rings (SSSR count). The molecule has 8 heteroatoms. The lowest BCUT2D eigenvalue weighted by Gasteiger charge is -2.25. The molecule has 2 N–H and O–H groups in total. The second-order valence-corrected chi connectivity index (χ2v) is 9.28. The van der Waals surface area contributed by atoms with Gasteiger partial charge in [-0.2, -0.15) is 0 Å². The highest BCUT2D eigenvalue weighted by Crippen LogP contribution is 2.45. The van der Waals surface area contributed by atoms with Gasteiger partial charge in [0.15, 0.2) is 0 Å².